The van der Waals surface area contributed by atoms with Crippen LogP contribution >= 0.6 is 0 Å². The summed E-state index contributed by atoms with van der Waals surface area (Å²) < 4.78 is 5.40. The van der Waals surface area contributed by atoms with Crippen molar-refractivity contribution >= 4 is 5.78 Å². The fraction of sp³-hybridized carbons (Fsp3) is 0.917. The van der Waals surface area contributed by atoms with Crippen LogP contribution in [0.25, 0.3) is 0 Å². The molecule has 90 valence electrons. The molecular formula is C12H24O3. The summed E-state index contributed by atoms with van der Waals surface area (Å²) in [6.45, 7) is 11.1. The Labute approximate surface area is 92.8 Å². The van der Waals surface area contributed by atoms with E-state index in [1.165, 1.54) is 0 Å². The number of hydrogen-bond donors (Lipinski definition) is 1. The van der Waals surface area contributed by atoms with E-state index in [0.717, 1.165) is 6.42 Å². The van der Waals surface area contributed by atoms with Gasteiger partial charge in [0.05, 0.1) is 5.60 Å². The Morgan fingerprint density at radius 1 is 1.33 bits per heavy atom. The van der Waals surface area contributed by atoms with Gasteiger partial charge in [-0.15, -0.1) is 0 Å². The molecule has 0 saturated carbocycles. The second-order valence-corrected chi connectivity index (χ2v) is 5.70. The molecule has 0 radical (unpaired) electrons. The number of aliphatic hydroxyl groups is 1. The lowest BCUT2D eigenvalue weighted by molar-refractivity contribution is -0.173. The minimum atomic E-state index is -0.770. The van der Waals surface area contributed by atoms with Gasteiger partial charge in [0.15, 0.2) is 6.29 Å². The van der Waals surface area contributed by atoms with Gasteiger partial charge in [0.2, 0.25) is 0 Å². The number of hydrogen-bond acceptors (Lipinski definition) is 3. The zero-order valence-corrected chi connectivity index (χ0v) is 10.8. The summed E-state index contributed by atoms with van der Waals surface area (Å²) >= 11 is 0. The smallest absolute Gasteiger partial charge is 0.152 e. The number of ketones is 1. The standard InChI is InChI=1S/C12H24O3/c1-9(13)7-11(3,4)8-12(5,6)15-10(2)14/h10,14H,7-8H2,1-6H3. The molecule has 0 saturated heterocycles. The minimum absolute atomic E-state index is 0.0930. The molecule has 0 bridgehead atoms. The summed E-state index contributed by atoms with van der Waals surface area (Å²) in [5, 5.41) is 9.18. The van der Waals surface area contributed by atoms with E-state index in [-0.39, 0.29) is 11.2 Å². The third-order valence-corrected chi connectivity index (χ3v) is 2.12. The Kier molecular flexibility index (Phi) is 4.94. The lowest BCUT2D eigenvalue weighted by Gasteiger charge is -2.35. The first-order chi connectivity index (χ1) is 6.54. The molecule has 15 heavy (non-hydrogen) atoms. The molecule has 0 aliphatic carbocycles. The highest BCUT2D eigenvalue weighted by atomic mass is 16.6. The summed E-state index contributed by atoms with van der Waals surface area (Å²) in [7, 11) is 0. The van der Waals surface area contributed by atoms with E-state index in [4.69, 9.17) is 4.74 Å². The van der Waals surface area contributed by atoms with Gasteiger partial charge in [-0.1, -0.05) is 13.8 Å². The van der Waals surface area contributed by atoms with Crippen LogP contribution in [0.15, 0.2) is 0 Å². The second kappa shape index (κ2) is 5.08. The van der Waals surface area contributed by atoms with Gasteiger partial charge >= 0.3 is 0 Å². The Hall–Kier alpha value is -0.410. The lowest BCUT2D eigenvalue weighted by Crippen LogP contribution is -2.35. The second-order valence-electron chi connectivity index (χ2n) is 5.70. The van der Waals surface area contributed by atoms with Crippen LogP contribution in [0.4, 0.5) is 0 Å². The molecule has 1 unspecified atom stereocenters. The van der Waals surface area contributed by atoms with Gasteiger partial charge in [0.25, 0.3) is 0 Å². The number of Topliss-reactive ketones (excluding diaryl/α,β-unsaturated/α-hetero) is 1. The first-order valence-corrected chi connectivity index (χ1v) is 5.39. The van der Waals surface area contributed by atoms with Gasteiger partial charge in [-0.3, -0.25) is 0 Å². The molecule has 3 heteroatoms. The van der Waals surface area contributed by atoms with Crippen LogP contribution in [-0.2, 0) is 9.53 Å². The molecule has 1 N–H and O–H groups in total. The van der Waals surface area contributed by atoms with Gasteiger partial charge in [-0.2, -0.15) is 0 Å². The number of rotatable bonds is 6. The van der Waals surface area contributed by atoms with Crippen LogP contribution in [-0.4, -0.2) is 22.8 Å². The number of aliphatic hydroxyl groups excluding tert-OH is 1. The summed E-state index contributed by atoms with van der Waals surface area (Å²) in [6, 6.07) is 0. The Balaban J connectivity index is 4.35. The van der Waals surface area contributed by atoms with Crippen molar-refractivity contribution in [1.82, 2.24) is 0 Å². The SMILES string of the molecule is CC(=O)CC(C)(C)CC(C)(C)OC(C)O. The highest BCUT2D eigenvalue weighted by molar-refractivity contribution is 5.76. The highest BCUT2D eigenvalue weighted by Crippen LogP contribution is 2.33. The van der Waals surface area contributed by atoms with E-state index >= 15 is 0 Å². The topological polar surface area (TPSA) is 46.5 Å². The van der Waals surface area contributed by atoms with Gasteiger partial charge in [-0.05, 0) is 39.5 Å². The van der Waals surface area contributed by atoms with Crippen molar-refractivity contribution in [2.24, 2.45) is 5.41 Å². The van der Waals surface area contributed by atoms with Crippen LogP contribution in [0, 0.1) is 5.41 Å². The van der Waals surface area contributed by atoms with Crippen LogP contribution in [0.2, 0.25) is 0 Å². The van der Waals surface area contributed by atoms with Crippen molar-refractivity contribution in [1.29, 1.82) is 0 Å². The lowest BCUT2D eigenvalue weighted by atomic mass is 9.78. The van der Waals surface area contributed by atoms with Crippen LogP contribution < -0.4 is 0 Å². The molecule has 0 aliphatic heterocycles. The summed E-state index contributed by atoms with van der Waals surface area (Å²) in [5.74, 6) is 0.188. The van der Waals surface area contributed by atoms with Gasteiger partial charge in [-0.25, -0.2) is 0 Å². The van der Waals surface area contributed by atoms with Crippen molar-refractivity contribution < 1.29 is 14.6 Å². The van der Waals surface area contributed by atoms with Crippen molar-refractivity contribution in [2.45, 2.75) is 66.3 Å². The zero-order chi connectivity index (χ0) is 12.3. The molecule has 0 amide bonds. The molecule has 3 nitrogen and oxygen atoms in total. The summed E-state index contributed by atoms with van der Waals surface area (Å²) in [4.78, 5) is 11.1. The zero-order valence-electron chi connectivity index (χ0n) is 10.8. The summed E-state index contributed by atoms with van der Waals surface area (Å²) in [6.07, 6.45) is 0.512. The number of ether oxygens (including phenoxy) is 1. The molecule has 0 aromatic rings. The molecule has 0 aromatic heterocycles. The minimum Gasteiger partial charge on any atom is -0.368 e. The monoisotopic (exact) mass is 216 g/mol. The van der Waals surface area contributed by atoms with E-state index in [9.17, 15) is 9.90 Å². The molecule has 0 spiro atoms. The third-order valence-electron chi connectivity index (χ3n) is 2.12. The van der Waals surface area contributed by atoms with Crippen molar-refractivity contribution in [3.63, 3.8) is 0 Å². The first kappa shape index (κ1) is 14.6. The van der Waals surface area contributed by atoms with E-state index < -0.39 is 11.9 Å². The molecule has 1 atom stereocenters. The Morgan fingerprint density at radius 2 is 1.80 bits per heavy atom. The molecule has 0 aliphatic rings. The largest absolute Gasteiger partial charge is 0.368 e. The number of carbonyl (C=O) groups is 1. The van der Waals surface area contributed by atoms with E-state index in [1.807, 2.05) is 27.7 Å². The highest BCUT2D eigenvalue weighted by Gasteiger charge is 2.31. The third kappa shape index (κ3) is 7.51. The molecule has 0 fully saturated rings. The quantitative estimate of drug-likeness (QED) is 0.694. The molecule has 0 rings (SSSR count). The average molecular weight is 216 g/mol. The maximum absolute atomic E-state index is 11.1. The first-order valence-electron chi connectivity index (χ1n) is 5.39. The maximum Gasteiger partial charge on any atom is 0.152 e. The van der Waals surface area contributed by atoms with Gasteiger partial charge in [0.1, 0.15) is 5.78 Å². The van der Waals surface area contributed by atoms with E-state index in [1.54, 1.807) is 13.8 Å². The normalized spacial score (nSPS) is 15.1. The Bertz CT molecular complexity index is 217. The molecule has 0 heterocycles. The predicted molar refractivity (Wildman–Crippen MR) is 60.5 cm³/mol. The van der Waals surface area contributed by atoms with Gasteiger partial charge in [0, 0.05) is 6.42 Å². The maximum atomic E-state index is 11.1. The fourth-order valence-electron chi connectivity index (χ4n) is 2.39. The van der Waals surface area contributed by atoms with Crippen molar-refractivity contribution in [2.75, 3.05) is 0 Å². The molecule has 0 aromatic carbocycles. The van der Waals surface area contributed by atoms with E-state index in [2.05, 4.69) is 0 Å². The average Bonchev–Trinajstić information content (AvgIpc) is 1.73. The Morgan fingerprint density at radius 3 is 2.13 bits per heavy atom. The fourth-order valence-corrected chi connectivity index (χ4v) is 2.39. The predicted octanol–water partition coefficient (Wildman–Crippen LogP) is 2.52. The van der Waals surface area contributed by atoms with Crippen molar-refractivity contribution in [3.05, 3.63) is 0 Å². The van der Waals surface area contributed by atoms with Crippen LogP contribution in [0.3, 0.4) is 0 Å². The van der Waals surface area contributed by atoms with E-state index in [0.29, 0.717) is 6.42 Å². The van der Waals surface area contributed by atoms with Crippen LogP contribution in [0.1, 0.15) is 54.4 Å². The van der Waals surface area contributed by atoms with Gasteiger partial charge < -0.3 is 14.6 Å². The number of carbonyl (C=O) groups excluding carboxylic acids is 1. The van der Waals surface area contributed by atoms with Crippen LogP contribution in [0.5, 0.6) is 0 Å². The molecular weight excluding hydrogens is 192 g/mol. The van der Waals surface area contributed by atoms with Crippen molar-refractivity contribution in [3.8, 4) is 0 Å². The summed E-state index contributed by atoms with van der Waals surface area (Å²) in [5.41, 5.74) is -0.503.